The van der Waals surface area contributed by atoms with E-state index in [1.807, 2.05) is 42.5 Å². The van der Waals surface area contributed by atoms with Gasteiger partial charge in [-0.3, -0.25) is 4.98 Å². The van der Waals surface area contributed by atoms with Crippen LogP contribution in [0, 0.1) is 0 Å². The smallest absolute Gasteiger partial charge is 0.199 e. The van der Waals surface area contributed by atoms with E-state index in [2.05, 4.69) is 16.9 Å². The number of ether oxygens (including phenoxy) is 2. The van der Waals surface area contributed by atoms with Crippen LogP contribution < -0.4 is 13.8 Å². The Morgan fingerprint density at radius 2 is 1.85 bits per heavy atom. The first-order chi connectivity index (χ1) is 16.4. The van der Waals surface area contributed by atoms with E-state index in [0.717, 1.165) is 37.1 Å². The second-order valence-corrected chi connectivity index (χ2v) is 10.9. The molecule has 2 aliphatic rings. The van der Waals surface area contributed by atoms with Gasteiger partial charge in [0.2, 0.25) is 0 Å². The van der Waals surface area contributed by atoms with Gasteiger partial charge in [-0.2, -0.15) is 4.31 Å². The van der Waals surface area contributed by atoms with Crippen LogP contribution in [0.2, 0.25) is 0 Å². The van der Waals surface area contributed by atoms with Crippen LogP contribution in [-0.4, -0.2) is 48.2 Å². The summed E-state index contributed by atoms with van der Waals surface area (Å²) in [6, 6.07) is 16.9. The molecule has 0 N–H and O–H groups in total. The lowest BCUT2D eigenvalue weighted by Gasteiger charge is -2.38. The van der Waals surface area contributed by atoms with Gasteiger partial charge in [-0.05, 0) is 62.3 Å². The third-order valence-corrected chi connectivity index (χ3v) is 8.72. The average molecular weight is 480 g/mol. The predicted octanol–water partition coefficient (Wildman–Crippen LogP) is 4.06. The van der Waals surface area contributed by atoms with Crippen LogP contribution in [0.25, 0.3) is 0 Å². The highest BCUT2D eigenvalue weighted by atomic mass is 32.3. The summed E-state index contributed by atoms with van der Waals surface area (Å²) in [5.74, 6) is 1.15. The third-order valence-electron chi connectivity index (χ3n) is 6.97. The molecule has 0 radical (unpaired) electrons. The number of pyridine rings is 1. The van der Waals surface area contributed by atoms with Crippen LogP contribution in [0.3, 0.4) is 0 Å². The number of aromatic nitrogens is 1. The summed E-state index contributed by atoms with van der Waals surface area (Å²) < 4.78 is 40.9. The molecule has 0 saturated carbocycles. The molecular weight excluding hydrogens is 450 g/mol. The largest absolute Gasteiger partial charge is 0.588 e. The molecule has 1 aromatic heterocycles. The van der Waals surface area contributed by atoms with Crippen LogP contribution in [0.1, 0.15) is 24.0 Å². The van der Waals surface area contributed by atoms with Crippen LogP contribution in [0.4, 0.5) is 5.69 Å². The molecule has 1 unspecified atom stereocenters. The van der Waals surface area contributed by atoms with E-state index in [1.165, 1.54) is 6.20 Å². The number of likely N-dealkylation sites (tertiary alicyclic amines) is 1. The van der Waals surface area contributed by atoms with Gasteiger partial charge in [0.05, 0.1) is 25.5 Å². The lowest BCUT2D eigenvalue weighted by atomic mass is 9.74. The van der Waals surface area contributed by atoms with Gasteiger partial charge >= 0.3 is 0 Å². The molecule has 178 valence electrons. The number of hydrogen-bond acceptors (Lipinski definition) is 6. The number of sulfonamides is 1. The van der Waals surface area contributed by atoms with Crippen molar-refractivity contribution in [3.8, 4) is 11.5 Å². The summed E-state index contributed by atoms with van der Waals surface area (Å²) in [6.07, 6.45) is 4.74. The lowest BCUT2D eigenvalue weighted by molar-refractivity contribution is 0.198. The van der Waals surface area contributed by atoms with Crippen molar-refractivity contribution in [1.82, 2.24) is 9.88 Å². The number of methoxy groups -OCH3 is 1. The lowest BCUT2D eigenvalue weighted by Crippen LogP contribution is -2.46. The Hall–Kier alpha value is -2.94. The van der Waals surface area contributed by atoms with Crippen molar-refractivity contribution in [2.45, 2.75) is 29.8 Å². The number of rotatable bonds is 6. The first-order valence-electron chi connectivity index (χ1n) is 11.4. The fourth-order valence-electron chi connectivity index (χ4n) is 4.95. The van der Waals surface area contributed by atoms with Gasteiger partial charge in [0, 0.05) is 17.7 Å². The molecule has 34 heavy (non-hydrogen) atoms. The number of nitrogens with zero attached hydrogens (tertiary/aromatic N) is 3. The Kier molecular flexibility index (Phi) is 6.06. The number of fused-ring (bicyclic) bond motifs is 2. The van der Waals surface area contributed by atoms with E-state index >= 15 is 0 Å². The van der Waals surface area contributed by atoms with Crippen molar-refractivity contribution in [3.63, 3.8) is 0 Å². The number of anilines is 1. The third kappa shape index (κ3) is 4.06. The zero-order valence-electron chi connectivity index (χ0n) is 19.5. The molecule has 5 rings (SSSR count). The summed E-state index contributed by atoms with van der Waals surface area (Å²) >= 11 is 0. The zero-order valence-corrected chi connectivity index (χ0v) is 20.3. The van der Waals surface area contributed by atoms with E-state index in [0.29, 0.717) is 30.3 Å². The molecular formula is C26H29N3O4S. The fraction of sp³-hybridized carbons (Fsp3) is 0.346. The van der Waals surface area contributed by atoms with Gasteiger partial charge in [-0.1, -0.05) is 34.5 Å². The Bertz CT molecular complexity index is 1200. The van der Waals surface area contributed by atoms with Crippen molar-refractivity contribution < 1.29 is 18.2 Å². The van der Waals surface area contributed by atoms with Gasteiger partial charge in [-0.15, -0.1) is 0 Å². The minimum atomic E-state index is -3.78. The van der Waals surface area contributed by atoms with Crippen LogP contribution in [0.5, 0.6) is 11.5 Å². The SMILES string of the molecule is COc1cc2c(cc1OCc1ccccc1)N([S+](=O)([O-])c1cccnc1)CC21CCN(C)CC1. The van der Waals surface area contributed by atoms with E-state index in [9.17, 15) is 8.76 Å². The van der Waals surface area contributed by atoms with Crippen LogP contribution in [0.15, 0.2) is 71.9 Å². The van der Waals surface area contributed by atoms with Crippen LogP contribution >= 0.6 is 0 Å². The molecule has 2 aromatic carbocycles. The van der Waals surface area contributed by atoms with Crippen molar-refractivity contribution in [2.75, 3.05) is 38.1 Å². The fourth-order valence-corrected chi connectivity index (χ4v) is 6.47. The first-order valence-corrected chi connectivity index (χ1v) is 12.9. The highest BCUT2D eigenvalue weighted by Gasteiger charge is 2.51. The van der Waals surface area contributed by atoms with E-state index < -0.39 is 10.4 Å². The summed E-state index contributed by atoms with van der Waals surface area (Å²) in [7, 11) is -0.0559. The number of hydrogen-bond donors (Lipinski definition) is 0. The Morgan fingerprint density at radius 3 is 2.53 bits per heavy atom. The standard InChI is InChI=1S/C26H29N3O4S/c1-28-13-10-26(11-14-28)19-29(34(30,31)21-9-6-12-27-17-21)23-16-25(24(32-2)15-22(23)26)33-18-20-7-4-3-5-8-20/h3-9,12,15-17H,10-11,13-14,18-19H2,1-2H3. The Morgan fingerprint density at radius 1 is 1.09 bits per heavy atom. The Labute approximate surface area is 201 Å². The van der Waals surface area contributed by atoms with Gasteiger partial charge in [-0.25, -0.2) is 0 Å². The molecule has 1 saturated heterocycles. The number of piperidine rings is 1. The monoisotopic (exact) mass is 479 g/mol. The van der Waals surface area contributed by atoms with Crippen LogP contribution in [-0.2, 0) is 26.6 Å². The molecule has 0 bridgehead atoms. The maximum absolute atomic E-state index is 13.7. The quantitative estimate of drug-likeness (QED) is 0.496. The van der Waals surface area contributed by atoms with Crippen molar-refractivity contribution >= 4 is 16.1 Å². The second kappa shape index (κ2) is 9.02. The first kappa shape index (κ1) is 22.8. The van der Waals surface area contributed by atoms with Crippen molar-refractivity contribution in [3.05, 3.63) is 78.1 Å². The highest BCUT2D eigenvalue weighted by Crippen LogP contribution is 2.52. The normalized spacial score (nSPS) is 19.0. The van der Waals surface area contributed by atoms with E-state index in [-0.39, 0.29) is 10.3 Å². The summed E-state index contributed by atoms with van der Waals surface area (Å²) in [5, 5.41) is 0. The molecule has 7 nitrogen and oxygen atoms in total. The van der Waals surface area contributed by atoms with Gasteiger partial charge in [0.25, 0.3) is 0 Å². The molecule has 2 aliphatic heterocycles. The van der Waals surface area contributed by atoms with Gasteiger partial charge in [0.1, 0.15) is 6.61 Å². The second-order valence-electron chi connectivity index (χ2n) is 9.08. The maximum atomic E-state index is 13.7. The molecule has 3 heterocycles. The molecule has 1 fully saturated rings. The van der Waals surface area contributed by atoms with E-state index in [4.69, 9.17) is 9.47 Å². The molecule has 8 heteroatoms. The molecule has 0 aliphatic carbocycles. The molecule has 1 spiro atoms. The number of benzene rings is 2. The molecule has 0 amide bonds. The van der Waals surface area contributed by atoms with Crippen molar-refractivity contribution in [2.24, 2.45) is 0 Å². The minimum Gasteiger partial charge on any atom is -0.588 e. The predicted molar refractivity (Wildman–Crippen MR) is 131 cm³/mol. The van der Waals surface area contributed by atoms with Crippen molar-refractivity contribution in [1.29, 1.82) is 0 Å². The summed E-state index contributed by atoms with van der Waals surface area (Å²) in [6.45, 7) is 2.59. The molecule has 3 aromatic rings. The minimum absolute atomic E-state index is 0.188. The van der Waals surface area contributed by atoms with E-state index in [1.54, 1.807) is 29.7 Å². The van der Waals surface area contributed by atoms with Gasteiger partial charge < -0.3 is 18.9 Å². The maximum Gasteiger partial charge on any atom is 0.199 e. The summed E-state index contributed by atoms with van der Waals surface area (Å²) in [5.41, 5.74) is 2.44. The average Bonchev–Trinajstić information content (AvgIpc) is 3.19. The topological polar surface area (TPSA) is 78.0 Å². The summed E-state index contributed by atoms with van der Waals surface area (Å²) in [4.78, 5) is 6.52. The van der Waals surface area contributed by atoms with Gasteiger partial charge in [0.15, 0.2) is 26.8 Å². The molecule has 1 atom stereocenters. The Balaban J connectivity index is 1.58. The highest BCUT2D eigenvalue weighted by molar-refractivity contribution is 7.99. The zero-order chi connectivity index (χ0) is 23.8.